The van der Waals surface area contributed by atoms with E-state index in [-0.39, 0.29) is 0 Å². The molecule has 0 aromatic carbocycles. The molecule has 2 heterocycles. The minimum Gasteiger partial charge on any atom is -0.356 e. The summed E-state index contributed by atoms with van der Waals surface area (Å²) in [5.41, 5.74) is 1.11. The molecule has 0 radical (unpaired) electrons. The molecule has 1 N–H and O–H groups in total. The van der Waals surface area contributed by atoms with Crippen molar-refractivity contribution in [3.8, 4) is 0 Å². The van der Waals surface area contributed by atoms with Crippen molar-refractivity contribution in [3.63, 3.8) is 0 Å². The maximum Gasteiger partial charge on any atom is 0.203 e. The molecule has 1 aromatic rings. The van der Waals surface area contributed by atoms with Gasteiger partial charge in [0.15, 0.2) is 0 Å². The fourth-order valence-corrected chi connectivity index (χ4v) is 3.16. The van der Waals surface area contributed by atoms with Gasteiger partial charge < -0.3 is 14.8 Å². The first-order chi connectivity index (χ1) is 10.2. The van der Waals surface area contributed by atoms with Crippen LogP contribution in [0.5, 0.6) is 0 Å². The normalized spacial score (nSPS) is 19.9. The van der Waals surface area contributed by atoms with Gasteiger partial charge in [-0.15, -0.1) is 0 Å². The largest absolute Gasteiger partial charge is 0.356 e. The van der Waals surface area contributed by atoms with Crippen molar-refractivity contribution < 1.29 is 0 Å². The van der Waals surface area contributed by atoms with Gasteiger partial charge >= 0.3 is 0 Å². The number of unbranched alkanes of at least 4 members (excludes halogenated alkanes) is 1. The van der Waals surface area contributed by atoms with Crippen molar-refractivity contribution >= 4 is 5.95 Å². The van der Waals surface area contributed by atoms with Crippen LogP contribution in [0.1, 0.15) is 58.1 Å². The summed E-state index contributed by atoms with van der Waals surface area (Å²) < 4.78 is 2.27. The van der Waals surface area contributed by atoms with Gasteiger partial charge in [-0.05, 0) is 46.1 Å². The molecule has 120 valence electrons. The summed E-state index contributed by atoms with van der Waals surface area (Å²) in [6.07, 6.45) is 9.95. The summed E-state index contributed by atoms with van der Waals surface area (Å²) in [6.45, 7) is 11.3. The number of anilines is 1. The second-order valence-corrected chi connectivity index (χ2v) is 6.41. The SMILES string of the molecule is CCCCn1cc(C)nc1NCCCN1CCCCC1C. The zero-order chi connectivity index (χ0) is 15.1. The van der Waals surface area contributed by atoms with Gasteiger partial charge in [0, 0.05) is 31.9 Å². The van der Waals surface area contributed by atoms with Crippen LogP contribution in [0.2, 0.25) is 0 Å². The van der Waals surface area contributed by atoms with Crippen LogP contribution in [0.3, 0.4) is 0 Å². The first kappa shape index (κ1) is 16.3. The highest BCUT2D eigenvalue weighted by atomic mass is 15.2. The Morgan fingerprint density at radius 3 is 2.90 bits per heavy atom. The lowest BCUT2D eigenvalue weighted by Gasteiger charge is -2.33. The number of piperidine rings is 1. The lowest BCUT2D eigenvalue weighted by molar-refractivity contribution is 0.160. The number of nitrogens with zero attached hydrogens (tertiary/aromatic N) is 3. The quantitative estimate of drug-likeness (QED) is 0.742. The van der Waals surface area contributed by atoms with Crippen LogP contribution in [0.15, 0.2) is 6.20 Å². The average Bonchev–Trinajstić information content (AvgIpc) is 2.83. The Bertz CT molecular complexity index is 413. The molecule has 1 unspecified atom stereocenters. The number of imidazole rings is 1. The molecule has 4 heteroatoms. The van der Waals surface area contributed by atoms with Gasteiger partial charge in [-0.2, -0.15) is 0 Å². The van der Waals surface area contributed by atoms with E-state index in [1.165, 1.54) is 51.6 Å². The van der Waals surface area contributed by atoms with Gasteiger partial charge in [-0.25, -0.2) is 4.98 Å². The van der Waals surface area contributed by atoms with Crippen LogP contribution in [-0.4, -0.2) is 40.1 Å². The van der Waals surface area contributed by atoms with Gasteiger partial charge in [0.2, 0.25) is 5.95 Å². The molecule has 0 aliphatic carbocycles. The highest BCUT2D eigenvalue weighted by Crippen LogP contribution is 2.16. The van der Waals surface area contributed by atoms with Crippen molar-refractivity contribution in [1.29, 1.82) is 0 Å². The minimum absolute atomic E-state index is 0.771. The van der Waals surface area contributed by atoms with Crippen molar-refractivity contribution in [2.24, 2.45) is 0 Å². The Hall–Kier alpha value is -1.03. The number of likely N-dealkylation sites (tertiary alicyclic amines) is 1. The first-order valence-electron chi connectivity index (χ1n) is 8.72. The number of aryl methyl sites for hydroxylation is 2. The average molecular weight is 292 g/mol. The van der Waals surface area contributed by atoms with Gasteiger partial charge in [-0.3, -0.25) is 0 Å². The second kappa shape index (κ2) is 8.42. The fourth-order valence-electron chi connectivity index (χ4n) is 3.16. The van der Waals surface area contributed by atoms with Gasteiger partial charge in [0.25, 0.3) is 0 Å². The van der Waals surface area contributed by atoms with E-state index >= 15 is 0 Å². The molecule has 1 fully saturated rings. The number of hydrogen-bond donors (Lipinski definition) is 1. The third-order valence-electron chi connectivity index (χ3n) is 4.50. The van der Waals surface area contributed by atoms with Crippen LogP contribution in [0.25, 0.3) is 0 Å². The number of nitrogens with one attached hydrogen (secondary N) is 1. The van der Waals surface area contributed by atoms with E-state index in [9.17, 15) is 0 Å². The lowest BCUT2D eigenvalue weighted by atomic mass is 10.0. The van der Waals surface area contributed by atoms with Gasteiger partial charge in [0.05, 0.1) is 5.69 Å². The molecular formula is C17H32N4. The Balaban J connectivity index is 1.72. The Morgan fingerprint density at radius 1 is 1.29 bits per heavy atom. The number of rotatable bonds is 8. The van der Waals surface area contributed by atoms with Crippen LogP contribution < -0.4 is 5.32 Å². The van der Waals surface area contributed by atoms with E-state index in [2.05, 4.69) is 46.7 Å². The summed E-state index contributed by atoms with van der Waals surface area (Å²) >= 11 is 0. The van der Waals surface area contributed by atoms with E-state index in [1.54, 1.807) is 0 Å². The maximum atomic E-state index is 4.60. The zero-order valence-electron chi connectivity index (χ0n) is 14.1. The zero-order valence-corrected chi connectivity index (χ0v) is 14.1. The molecule has 2 rings (SSSR count). The van der Waals surface area contributed by atoms with Gasteiger partial charge in [0.1, 0.15) is 0 Å². The molecule has 1 aromatic heterocycles. The molecular weight excluding hydrogens is 260 g/mol. The summed E-state index contributed by atoms with van der Waals surface area (Å²) in [5.74, 6) is 1.05. The van der Waals surface area contributed by atoms with E-state index in [4.69, 9.17) is 0 Å². The molecule has 0 saturated carbocycles. The van der Waals surface area contributed by atoms with Crippen LogP contribution in [0, 0.1) is 6.92 Å². The summed E-state index contributed by atoms with van der Waals surface area (Å²) in [6, 6.07) is 0.771. The molecule has 0 amide bonds. The highest BCUT2D eigenvalue weighted by Gasteiger charge is 2.17. The number of aromatic nitrogens is 2. The van der Waals surface area contributed by atoms with Crippen molar-refractivity contribution in [2.75, 3.05) is 25.0 Å². The molecule has 4 nitrogen and oxygen atoms in total. The topological polar surface area (TPSA) is 33.1 Å². The molecule has 1 atom stereocenters. The predicted octanol–water partition coefficient (Wildman–Crippen LogP) is 3.67. The number of hydrogen-bond acceptors (Lipinski definition) is 3. The lowest BCUT2D eigenvalue weighted by Crippen LogP contribution is -2.38. The highest BCUT2D eigenvalue weighted by molar-refractivity contribution is 5.28. The smallest absolute Gasteiger partial charge is 0.203 e. The summed E-state index contributed by atoms with van der Waals surface area (Å²) in [7, 11) is 0. The maximum absolute atomic E-state index is 4.60. The standard InChI is InChI=1S/C17H32N4/c1-4-5-11-21-14-15(2)19-17(21)18-10-8-13-20-12-7-6-9-16(20)3/h14,16H,4-13H2,1-3H3,(H,18,19). The molecule has 21 heavy (non-hydrogen) atoms. The Labute approximate surface area is 129 Å². The molecule has 0 bridgehead atoms. The van der Waals surface area contributed by atoms with E-state index in [1.807, 2.05) is 0 Å². The summed E-state index contributed by atoms with van der Waals surface area (Å²) in [5, 5.41) is 3.52. The van der Waals surface area contributed by atoms with E-state index < -0.39 is 0 Å². The summed E-state index contributed by atoms with van der Waals surface area (Å²) in [4.78, 5) is 7.24. The molecule has 0 spiro atoms. The van der Waals surface area contributed by atoms with Crippen LogP contribution >= 0.6 is 0 Å². The fraction of sp³-hybridized carbons (Fsp3) is 0.824. The van der Waals surface area contributed by atoms with E-state index in [0.29, 0.717) is 0 Å². The minimum atomic E-state index is 0.771. The first-order valence-corrected chi connectivity index (χ1v) is 8.72. The molecule has 1 saturated heterocycles. The third kappa shape index (κ3) is 5.03. The van der Waals surface area contributed by atoms with Crippen LogP contribution in [-0.2, 0) is 6.54 Å². The van der Waals surface area contributed by atoms with Crippen molar-refractivity contribution in [1.82, 2.24) is 14.5 Å². The predicted molar refractivity (Wildman–Crippen MR) is 89.9 cm³/mol. The molecule has 1 aliphatic rings. The van der Waals surface area contributed by atoms with Crippen LogP contribution in [0.4, 0.5) is 5.95 Å². The third-order valence-corrected chi connectivity index (χ3v) is 4.50. The Morgan fingerprint density at radius 2 is 2.14 bits per heavy atom. The van der Waals surface area contributed by atoms with Gasteiger partial charge in [-0.1, -0.05) is 19.8 Å². The Kier molecular flexibility index (Phi) is 6.55. The monoisotopic (exact) mass is 292 g/mol. The molecule has 1 aliphatic heterocycles. The van der Waals surface area contributed by atoms with Crippen molar-refractivity contribution in [2.45, 2.75) is 71.9 Å². The van der Waals surface area contributed by atoms with E-state index in [0.717, 1.165) is 30.8 Å². The van der Waals surface area contributed by atoms with Crippen molar-refractivity contribution in [3.05, 3.63) is 11.9 Å². The second-order valence-electron chi connectivity index (χ2n) is 6.41.